The monoisotopic (exact) mass is 342 g/mol. The molecule has 7 nitrogen and oxygen atoms in total. The number of hydrogen-bond donors (Lipinski definition) is 1. The molecule has 0 bridgehead atoms. The number of carbonyl (C=O) groups is 2. The standard InChI is InChI=1S/C14H13F3N4O3/c1-18-11(22)12(23)21(2)7-8-3-5-9(6-4-8)10-19-13(24-20-10)14(15,16)17/h3-6H,7H2,1-2H3,(H,18,22). The van der Waals surface area contributed by atoms with Crippen LogP contribution in [0, 0.1) is 0 Å². The Morgan fingerprint density at radius 2 is 1.88 bits per heavy atom. The fraction of sp³-hybridized carbons (Fsp3) is 0.286. The molecule has 0 aliphatic carbocycles. The second kappa shape index (κ2) is 6.69. The molecule has 0 aliphatic rings. The molecule has 0 saturated heterocycles. The lowest BCUT2D eigenvalue weighted by Gasteiger charge is -2.16. The zero-order valence-corrected chi connectivity index (χ0v) is 12.7. The van der Waals surface area contributed by atoms with Gasteiger partial charge in [-0.05, 0) is 5.56 Å². The molecule has 128 valence electrons. The zero-order chi connectivity index (χ0) is 17.9. The number of amides is 2. The molecule has 2 amide bonds. The van der Waals surface area contributed by atoms with Gasteiger partial charge in [0, 0.05) is 26.2 Å². The average Bonchev–Trinajstić information content (AvgIpc) is 3.04. The highest BCUT2D eigenvalue weighted by Crippen LogP contribution is 2.29. The molecule has 0 spiro atoms. The van der Waals surface area contributed by atoms with E-state index in [1.54, 1.807) is 12.1 Å². The van der Waals surface area contributed by atoms with Crippen LogP contribution in [-0.4, -0.2) is 41.0 Å². The van der Waals surface area contributed by atoms with E-state index in [2.05, 4.69) is 20.0 Å². The van der Waals surface area contributed by atoms with Crippen LogP contribution in [0.5, 0.6) is 0 Å². The van der Waals surface area contributed by atoms with Gasteiger partial charge in [0.05, 0.1) is 0 Å². The highest BCUT2D eigenvalue weighted by atomic mass is 19.4. The Labute approximate surface area is 134 Å². The normalized spacial score (nSPS) is 11.2. The summed E-state index contributed by atoms with van der Waals surface area (Å²) in [5, 5.41) is 5.51. The van der Waals surface area contributed by atoms with E-state index in [0.29, 0.717) is 11.1 Å². The van der Waals surface area contributed by atoms with Crippen LogP contribution < -0.4 is 5.32 Å². The lowest BCUT2D eigenvalue weighted by Crippen LogP contribution is -2.39. The Balaban J connectivity index is 2.09. The van der Waals surface area contributed by atoms with Gasteiger partial charge in [-0.25, -0.2) is 0 Å². The molecule has 1 aromatic heterocycles. The molecule has 1 aromatic carbocycles. The highest BCUT2D eigenvalue weighted by molar-refractivity contribution is 6.34. The number of likely N-dealkylation sites (N-methyl/N-ethyl adjacent to an activating group) is 2. The van der Waals surface area contributed by atoms with Crippen molar-refractivity contribution in [3.63, 3.8) is 0 Å². The number of carbonyl (C=O) groups excluding carboxylic acids is 2. The molecule has 10 heteroatoms. The van der Waals surface area contributed by atoms with Crippen LogP contribution in [0.1, 0.15) is 11.5 Å². The van der Waals surface area contributed by atoms with E-state index in [1.807, 2.05) is 0 Å². The van der Waals surface area contributed by atoms with Gasteiger partial charge in [-0.15, -0.1) is 0 Å². The van der Waals surface area contributed by atoms with E-state index in [1.165, 1.54) is 31.1 Å². The van der Waals surface area contributed by atoms with Crippen LogP contribution in [0.4, 0.5) is 13.2 Å². The van der Waals surface area contributed by atoms with Gasteiger partial charge in [-0.3, -0.25) is 9.59 Å². The smallest absolute Gasteiger partial charge is 0.351 e. The molecule has 1 N–H and O–H groups in total. The second-order valence-corrected chi connectivity index (χ2v) is 4.86. The Kier molecular flexibility index (Phi) is 4.86. The second-order valence-electron chi connectivity index (χ2n) is 4.86. The first kappa shape index (κ1) is 17.4. The van der Waals surface area contributed by atoms with Crippen LogP contribution in [0.15, 0.2) is 28.8 Å². The van der Waals surface area contributed by atoms with Gasteiger partial charge in [0.1, 0.15) is 0 Å². The summed E-state index contributed by atoms with van der Waals surface area (Å²) in [5.74, 6) is -3.05. The van der Waals surface area contributed by atoms with Crippen LogP contribution in [-0.2, 0) is 22.3 Å². The van der Waals surface area contributed by atoms with Gasteiger partial charge >= 0.3 is 23.9 Å². The quantitative estimate of drug-likeness (QED) is 0.853. The summed E-state index contributed by atoms with van der Waals surface area (Å²) in [5.41, 5.74) is 1.01. The summed E-state index contributed by atoms with van der Waals surface area (Å²) in [6.07, 6.45) is -4.70. The third-order valence-electron chi connectivity index (χ3n) is 3.07. The minimum absolute atomic E-state index is 0.159. The number of halogens is 3. The number of hydrogen-bond acceptors (Lipinski definition) is 5. The largest absolute Gasteiger partial charge is 0.471 e. The number of aromatic nitrogens is 2. The topological polar surface area (TPSA) is 88.3 Å². The third-order valence-corrected chi connectivity index (χ3v) is 3.07. The summed E-state index contributed by atoms with van der Waals surface area (Å²) in [4.78, 5) is 27.4. The maximum Gasteiger partial charge on any atom is 0.471 e. The van der Waals surface area contributed by atoms with Gasteiger partial charge in [0.2, 0.25) is 5.82 Å². The number of nitrogens with one attached hydrogen (secondary N) is 1. The van der Waals surface area contributed by atoms with E-state index in [4.69, 9.17) is 0 Å². The van der Waals surface area contributed by atoms with Gasteiger partial charge in [0.25, 0.3) is 0 Å². The fourth-order valence-corrected chi connectivity index (χ4v) is 1.84. The molecule has 1 heterocycles. The van der Waals surface area contributed by atoms with E-state index < -0.39 is 23.9 Å². The number of rotatable bonds is 3. The van der Waals surface area contributed by atoms with E-state index in [9.17, 15) is 22.8 Å². The zero-order valence-electron chi connectivity index (χ0n) is 12.7. The molecular weight excluding hydrogens is 329 g/mol. The molecule has 0 fully saturated rings. The van der Waals surface area contributed by atoms with Crippen LogP contribution >= 0.6 is 0 Å². The lowest BCUT2D eigenvalue weighted by atomic mass is 10.1. The molecule has 2 rings (SSSR count). The van der Waals surface area contributed by atoms with Gasteiger partial charge < -0.3 is 14.7 Å². The van der Waals surface area contributed by atoms with Crippen molar-refractivity contribution >= 4 is 11.8 Å². The predicted octanol–water partition coefficient (Wildman–Crippen LogP) is 1.46. The fourth-order valence-electron chi connectivity index (χ4n) is 1.84. The summed E-state index contributed by atoms with van der Waals surface area (Å²) in [7, 11) is 2.81. The third kappa shape index (κ3) is 3.89. The van der Waals surface area contributed by atoms with Gasteiger partial charge in [0.15, 0.2) is 0 Å². The first-order chi connectivity index (χ1) is 11.2. The van der Waals surface area contributed by atoms with Gasteiger partial charge in [-0.2, -0.15) is 18.2 Å². The highest BCUT2D eigenvalue weighted by Gasteiger charge is 2.38. The molecule has 0 saturated carbocycles. The SMILES string of the molecule is CNC(=O)C(=O)N(C)Cc1ccc(-c2noc(C(F)(F)F)n2)cc1. The van der Waals surface area contributed by atoms with Crippen LogP contribution in [0.2, 0.25) is 0 Å². The minimum atomic E-state index is -4.70. The molecule has 0 radical (unpaired) electrons. The van der Waals surface area contributed by atoms with Crippen molar-refractivity contribution in [3.05, 3.63) is 35.7 Å². The summed E-state index contributed by atoms with van der Waals surface area (Å²) < 4.78 is 41.4. The van der Waals surface area contributed by atoms with Crippen molar-refractivity contribution in [2.75, 3.05) is 14.1 Å². The maximum absolute atomic E-state index is 12.4. The maximum atomic E-state index is 12.4. The Bertz CT molecular complexity index is 740. The Morgan fingerprint density at radius 1 is 1.25 bits per heavy atom. The first-order valence-corrected chi connectivity index (χ1v) is 6.69. The van der Waals surface area contributed by atoms with Crippen molar-refractivity contribution in [1.29, 1.82) is 0 Å². The predicted molar refractivity (Wildman–Crippen MR) is 75.3 cm³/mol. The van der Waals surface area contributed by atoms with Crippen molar-refractivity contribution < 1.29 is 27.3 Å². The van der Waals surface area contributed by atoms with Gasteiger partial charge in [-0.1, -0.05) is 29.4 Å². The van der Waals surface area contributed by atoms with Crippen molar-refractivity contribution in [1.82, 2.24) is 20.4 Å². The van der Waals surface area contributed by atoms with Crippen LogP contribution in [0.3, 0.4) is 0 Å². The molecule has 0 atom stereocenters. The summed E-state index contributed by atoms with van der Waals surface area (Å²) in [6.45, 7) is 0.159. The summed E-state index contributed by atoms with van der Waals surface area (Å²) in [6, 6.07) is 6.18. The number of alkyl halides is 3. The van der Waals surface area contributed by atoms with Crippen molar-refractivity contribution in [2.24, 2.45) is 0 Å². The molecular formula is C14H13F3N4O3. The van der Waals surface area contributed by atoms with Crippen molar-refractivity contribution in [2.45, 2.75) is 12.7 Å². The minimum Gasteiger partial charge on any atom is -0.351 e. The average molecular weight is 342 g/mol. The Morgan fingerprint density at radius 3 is 2.38 bits per heavy atom. The van der Waals surface area contributed by atoms with E-state index in [0.717, 1.165) is 0 Å². The molecule has 0 unspecified atom stereocenters. The van der Waals surface area contributed by atoms with E-state index in [-0.39, 0.29) is 12.4 Å². The van der Waals surface area contributed by atoms with Crippen molar-refractivity contribution in [3.8, 4) is 11.4 Å². The van der Waals surface area contributed by atoms with Crippen LogP contribution in [0.25, 0.3) is 11.4 Å². The molecule has 24 heavy (non-hydrogen) atoms. The molecule has 2 aromatic rings. The lowest BCUT2D eigenvalue weighted by molar-refractivity contribution is -0.159. The van der Waals surface area contributed by atoms with E-state index >= 15 is 0 Å². The summed E-state index contributed by atoms with van der Waals surface area (Å²) >= 11 is 0. The number of benzene rings is 1. The first-order valence-electron chi connectivity index (χ1n) is 6.69. The number of nitrogens with zero attached hydrogens (tertiary/aromatic N) is 3. The molecule has 0 aliphatic heterocycles. The Hall–Kier alpha value is -2.91.